The van der Waals surface area contributed by atoms with Crippen LogP contribution in [0.1, 0.15) is 32.1 Å². The molecule has 3 nitrogen and oxygen atoms in total. The minimum Gasteiger partial charge on any atom is -0.481 e. The third-order valence-electron chi connectivity index (χ3n) is 3.55. The number of aromatic nitrogens is 1. The van der Waals surface area contributed by atoms with Gasteiger partial charge in [0, 0.05) is 24.5 Å². The molecular formula is C14H21ClN2O. The van der Waals surface area contributed by atoms with Gasteiger partial charge < -0.3 is 9.64 Å². The van der Waals surface area contributed by atoms with Gasteiger partial charge in [0.1, 0.15) is 5.82 Å². The molecule has 1 heterocycles. The number of anilines is 1. The largest absolute Gasteiger partial charge is 0.481 e. The lowest BCUT2D eigenvalue weighted by molar-refractivity contribution is 0.392. The zero-order chi connectivity index (χ0) is 12.8. The first-order valence-electron chi connectivity index (χ1n) is 6.69. The molecule has 18 heavy (non-hydrogen) atoms. The second kappa shape index (κ2) is 6.83. The summed E-state index contributed by atoms with van der Waals surface area (Å²) in [5.74, 6) is 2.29. The van der Waals surface area contributed by atoms with Crippen molar-refractivity contribution >= 4 is 17.4 Å². The van der Waals surface area contributed by atoms with E-state index in [2.05, 4.69) is 9.88 Å². The first-order valence-corrected chi connectivity index (χ1v) is 7.22. The normalized spacial score (nSPS) is 16.6. The summed E-state index contributed by atoms with van der Waals surface area (Å²) >= 11 is 5.94. The quantitative estimate of drug-likeness (QED) is 0.765. The third kappa shape index (κ3) is 3.29. The highest BCUT2D eigenvalue weighted by Gasteiger charge is 2.22. The predicted octanol–water partition coefficient (Wildman–Crippen LogP) is 3.47. The number of pyridine rings is 1. The molecule has 1 aromatic rings. The van der Waals surface area contributed by atoms with E-state index in [0.717, 1.165) is 12.4 Å². The Morgan fingerprint density at radius 1 is 1.33 bits per heavy atom. The Labute approximate surface area is 114 Å². The van der Waals surface area contributed by atoms with Crippen LogP contribution in [0.3, 0.4) is 0 Å². The van der Waals surface area contributed by atoms with Gasteiger partial charge in [-0.25, -0.2) is 0 Å². The molecule has 1 aromatic heterocycles. The SMILES string of the molecule is COc1cccc(N(CCCl)C2CCCCC2)n1. The molecule has 0 saturated heterocycles. The van der Waals surface area contributed by atoms with Gasteiger partial charge in [0.05, 0.1) is 7.11 Å². The number of halogens is 1. The molecule has 0 radical (unpaired) electrons. The fraction of sp³-hybridized carbons (Fsp3) is 0.643. The van der Waals surface area contributed by atoms with Crippen molar-refractivity contribution in [3.05, 3.63) is 18.2 Å². The Morgan fingerprint density at radius 3 is 2.78 bits per heavy atom. The Morgan fingerprint density at radius 2 is 2.11 bits per heavy atom. The second-order valence-corrected chi connectivity index (χ2v) is 5.09. The summed E-state index contributed by atoms with van der Waals surface area (Å²) in [5, 5.41) is 0. The second-order valence-electron chi connectivity index (χ2n) is 4.71. The van der Waals surface area contributed by atoms with E-state index in [-0.39, 0.29) is 0 Å². The summed E-state index contributed by atoms with van der Waals surface area (Å²) in [5.41, 5.74) is 0. The molecule has 0 aromatic carbocycles. The number of ether oxygens (including phenoxy) is 1. The van der Waals surface area contributed by atoms with Crippen LogP contribution in [0.2, 0.25) is 0 Å². The van der Waals surface area contributed by atoms with Gasteiger partial charge in [-0.3, -0.25) is 0 Å². The van der Waals surface area contributed by atoms with Crippen molar-refractivity contribution in [3.8, 4) is 5.88 Å². The maximum absolute atomic E-state index is 5.94. The van der Waals surface area contributed by atoms with Gasteiger partial charge in [-0.15, -0.1) is 11.6 Å². The van der Waals surface area contributed by atoms with E-state index < -0.39 is 0 Å². The van der Waals surface area contributed by atoms with Gasteiger partial charge in [0.25, 0.3) is 0 Å². The monoisotopic (exact) mass is 268 g/mol. The van der Waals surface area contributed by atoms with Crippen LogP contribution >= 0.6 is 11.6 Å². The third-order valence-corrected chi connectivity index (χ3v) is 3.72. The van der Waals surface area contributed by atoms with Crippen LogP contribution in [0, 0.1) is 0 Å². The smallest absolute Gasteiger partial charge is 0.214 e. The van der Waals surface area contributed by atoms with Gasteiger partial charge in [0.15, 0.2) is 0 Å². The van der Waals surface area contributed by atoms with Gasteiger partial charge in [0.2, 0.25) is 5.88 Å². The zero-order valence-corrected chi connectivity index (χ0v) is 11.7. The van der Waals surface area contributed by atoms with Crippen LogP contribution in [-0.2, 0) is 0 Å². The minimum atomic E-state index is 0.581. The topological polar surface area (TPSA) is 25.4 Å². The van der Waals surface area contributed by atoms with Crippen LogP contribution < -0.4 is 9.64 Å². The van der Waals surface area contributed by atoms with Crippen molar-refractivity contribution < 1.29 is 4.74 Å². The molecule has 0 N–H and O–H groups in total. The van der Waals surface area contributed by atoms with Gasteiger partial charge in [-0.05, 0) is 18.9 Å². The molecule has 2 rings (SSSR count). The molecule has 0 atom stereocenters. The molecule has 1 saturated carbocycles. The Bertz CT molecular complexity index is 367. The van der Waals surface area contributed by atoms with Crippen molar-refractivity contribution in [1.29, 1.82) is 0 Å². The summed E-state index contributed by atoms with van der Waals surface area (Å²) < 4.78 is 5.20. The lowest BCUT2D eigenvalue weighted by Crippen LogP contribution is -2.38. The van der Waals surface area contributed by atoms with Gasteiger partial charge in [-0.2, -0.15) is 4.98 Å². The predicted molar refractivity (Wildman–Crippen MR) is 75.7 cm³/mol. The molecule has 0 unspecified atom stereocenters. The summed E-state index contributed by atoms with van der Waals surface area (Å²) in [4.78, 5) is 6.87. The van der Waals surface area contributed by atoms with Crippen LogP contribution in [0.4, 0.5) is 5.82 Å². The first kappa shape index (κ1) is 13.5. The van der Waals surface area contributed by atoms with E-state index in [0.29, 0.717) is 17.8 Å². The Hall–Kier alpha value is -0.960. The zero-order valence-electron chi connectivity index (χ0n) is 10.9. The number of rotatable bonds is 5. The molecule has 1 fully saturated rings. The summed E-state index contributed by atoms with van der Waals surface area (Å²) in [6, 6.07) is 6.50. The first-order chi connectivity index (χ1) is 8.85. The molecule has 0 bridgehead atoms. The average Bonchev–Trinajstić information content (AvgIpc) is 2.46. The van der Waals surface area contributed by atoms with E-state index in [1.807, 2.05) is 18.2 Å². The lowest BCUT2D eigenvalue weighted by Gasteiger charge is -2.35. The van der Waals surface area contributed by atoms with E-state index in [1.165, 1.54) is 32.1 Å². The summed E-state index contributed by atoms with van der Waals surface area (Å²) in [6.07, 6.45) is 6.48. The van der Waals surface area contributed by atoms with E-state index >= 15 is 0 Å². The highest BCUT2D eigenvalue weighted by Crippen LogP contribution is 2.27. The van der Waals surface area contributed by atoms with Crippen molar-refractivity contribution in [1.82, 2.24) is 4.98 Å². The molecule has 4 heteroatoms. The molecule has 0 spiro atoms. The van der Waals surface area contributed by atoms with Gasteiger partial charge >= 0.3 is 0 Å². The fourth-order valence-corrected chi connectivity index (χ4v) is 2.83. The van der Waals surface area contributed by atoms with Crippen molar-refractivity contribution in [2.24, 2.45) is 0 Å². The Kier molecular flexibility index (Phi) is 5.12. The number of hydrogen-bond donors (Lipinski definition) is 0. The average molecular weight is 269 g/mol. The molecule has 100 valence electrons. The van der Waals surface area contributed by atoms with Crippen molar-refractivity contribution in [2.75, 3.05) is 24.4 Å². The molecule has 0 amide bonds. The maximum Gasteiger partial charge on any atom is 0.214 e. The number of methoxy groups -OCH3 is 1. The molecule has 1 aliphatic carbocycles. The number of hydrogen-bond acceptors (Lipinski definition) is 3. The summed E-state index contributed by atoms with van der Waals surface area (Å²) in [6.45, 7) is 0.854. The Balaban J connectivity index is 2.16. The molecule has 1 aliphatic rings. The minimum absolute atomic E-state index is 0.581. The van der Waals surface area contributed by atoms with Crippen molar-refractivity contribution in [2.45, 2.75) is 38.1 Å². The van der Waals surface area contributed by atoms with E-state index in [1.54, 1.807) is 7.11 Å². The summed E-state index contributed by atoms with van der Waals surface area (Å²) in [7, 11) is 1.65. The fourth-order valence-electron chi connectivity index (χ4n) is 2.65. The standard InChI is InChI=1S/C14H21ClN2O/c1-18-14-9-5-8-13(16-14)17(11-10-15)12-6-3-2-4-7-12/h5,8-9,12H,2-4,6-7,10-11H2,1H3. The van der Waals surface area contributed by atoms with Gasteiger partial charge in [-0.1, -0.05) is 25.3 Å². The van der Waals surface area contributed by atoms with Crippen molar-refractivity contribution in [3.63, 3.8) is 0 Å². The highest BCUT2D eigenvalue weighted by atomic mass is 35.5. The maximum atomic E-state index is 5.94. The van der Waals surface area contributed by atoms with Crippen LogP contribution in [0.25, 0.3) is 0 Å². The van der Waals surface area contributed by atoms with Crippen LogP contribution in [-0.4, -0.2) is 30.6 Å². The highest BCUT2D eigenvalue weighted by molar-refractivity contribution is 6.18. The number of nitrogens with zero attached hydrogens (tertiary/aromatic N) is 2. The van der Waals surface area contributed by atoms with Crippen LogP contribution in [0.5, 0.6) is 5.88 Å². The molecule has 0 aliphatic heterocycles. The molecular weight excluding hydrogens is 248 g/mol. The lowest BCUT2D eigenvalue weighted by atomic mass is 9.94. The van der Waals surface area contributed by atoms with E-state index in [9.17, 15) is 0 Å². The number of alkyl halides is 1. The van der Waals surface area contributed by atoms with E-state index in [4.69, 9.17) is 16.3 Å². The van der Waals surface area contributed by atoms with Crippen LogP contribution in [0.15, 0.2) is 18.2 Å².